The molecule has 0 fully saturated rings. The van der Waals surface area contributed by atoms with Crippen LogP contribution in [0.1, 0.15) is 18.0 Å². The molecule has 1 atom stereocenters. The van der Waals surface area contributed by atoms with Gasteiger partial charge in [-0.1, -0.05) is 0 Å². The fourth-order valence-electron chi connectivity index (χ4n) is 0.990. The van der Waals surface area contributed by atoms with Gasteiger partial charge in [0, 0.05) is 23.2 Å². The zero-order valence-corrected chi connectivity index (χ0v) is 8.73. The quantitative estimate of drug-likeness (QED) is 0.848. The first kappa shape index (κ1) is 8.65. The zero-order valence-electron chi connectivity index (χ0n) is 7.10. The lowest BCUT2D eigenvalue weighted by atomic mass is 10.4. The van der Waals surface area contributed by atoms with Crippen LogP contribution in [-0.2, 0) is 0 Å². The van der Waals surface area contributed by atoms with Crippen LogP contribution >= 0.6 is 22.7 Å². The molecule has 0 aliphatic heterocycles. The van der Waals surface area contributed by atoms with Crippen LogP contribution in [0.25, 0.3) is 0 Å². The minimum Gasteiger partial charge on any atom is -0.353 e. The second-order valence-electron chi connectivity index (χ2n) is 2.57. The summed E-state index contributed by atoms with van der Waals surface area (Å²) >= 11 is 3.26. The Morgan fingerprint density at radius 2 is 2.00 bits per heavy atom. The standard InChI is InChI=1S/C8H9N3S2/c1-6(7-9-2-4-12-7)11-8-10-3-5-13-8/h2-6H,1H3,(H,10,11). The van der Waals surface area contributed by atoms with Gasteiger partial charge in [-0.3, -0.25) is 0 Å². The van der Waals surface area contributed by atoms with Gasteiger partial charge in [-0.15, -0.1) is 22.7 Å². The average molecular weight is 211 g/mol. The van der Waals surface area contributed by atoms with Crippen LogP contribution in [0.2, 0.25) is 0 Å². The molecule has 0 spiro atoms. The van der Waals surface area contributed by atoms with Gasteiger partial charge in [0.05, 0.1) is 6.04 Å². The Kier molecular flexibility index (Phi) is 2.56. The summed E-state index contributed by atoms with van der Waals surface area (Å²) in [6.45, 7) is 2.08. The number of anilines is 1. The van der Waals surface area contributed by atoms with Gasteiger partial charge in [-0.2, -0.15) is 0 Å². The van der Waals surface area contributed by atoms with Crippen LogP contribution < -0.4 is 5.32 Å². The van der Waals surface area contributed by atoms with E-state index in [0.29, 0.717) is 0 Å². The number of nitrogens with zero attached hydrogens (tertiary/aromatic N) is 2. The average Bonchev–Trinajstić information content (AvgIpc) is 2.74. The first-order valence-corrected chi connectivity index (χ1v) is 5.67. The van der Waals surface area contributed by atoms with Gasteiger partial charge in [-0.05, 0) is 6.92 Å². The Morgan fingerprint density at radius 1 is 1.23 bits per heavy atom. The smallest absolute Gasteiger partial charge is 0.183 e. The molecule has 2 aromatic heterocycles. The third kappa shape index (κ3) is 2.05. The normalized spacial score (nSPS) is 12.7. The van der Waals surface area contributed by atoms with Crippen LogP contribution in [-0.4, -0.2) is 9.97 Å². The third-order valence-corrected chi connectivity index (χ3v) is 3.26. The Hall–Kier alpha value is -0.940. The minimum atomic E-state index is 0.242. The molecule has 1 N–H and O–H groups in total. The van der Waals surface area contributed by atoms with Crippen LogP contribution in [0, 0.1) is 0 Å². The summed E-state index contributed by atoms with van der Waals surface area (Å²) < 4.78 is 0. The van der Waals surface area contributed by atoms with E-state index in [0.717, 1.165) is 10.1 Å². The van der Waals surface area contributed by atoms with Gasteiger partial charge in [0.15, 0.2) is 5.13 Å². The molecule has 0 aromatic carbocycles. The molecule has 2 aromatic rings. The summed E-state index contributed by atoms with van der Waals surface area (Å²) in [7, 11) is 0. The summed E-state index contributed by atoms with van der Waals surface area (Å²) in [5, 5.41) is 9.26. The van der Waals surface area contributed by atoms with Crippen molar-refractivity contribution in [1.29, 1.82) is 0 Å². The first-order chi connectivity index (χ1) is 6.36. The second kappa shape index (κ2) is 3.85. The zero-order chi connectivity index (χ0) is 9.10. The van der Waals surface area contributed by atoms with E-state index in [1.54, 1.807) is 28.9 Å². The van der Waals surface area contributed by atoms with E-state index in [1.807, 2.05) is 17.0 Å². The van der Waals surface area contributed by atoms with Crippen LogP contribution in [0.5, 0.6) is 0 Å². The molecule has 68 valence electrons. The van der Waals surface area contributed by atoms with Crippen LogP contribution in [0.3, 0.4) is 0 Å². The van der Waals surface area contributed by atoms with E-state index < -0.39 is 0 Å². The summed E-state index contributed by atoms with van der Waals surface area (Å²) in [4.78, 5) is 8.38. The molecule has 0 amide bonds. The number of thiazole rings is 2. The van der Waals surface area contributed by atoms with Crippen molar-refractivity contribution in [2.45, 2.75) is 13.0 Å². The molecule has 0 saturated carbocycles. The Balaban J connectivity index is 2.04. The molecule has 0 saturated heterocycles. The second-order valence-corrected chi connectivity index (χ2v) is 4.39. The molecule has 0 bridgehead atoms. The molecule has 2 rings (SSSR count). The van der Waals surface area contributed by atoms with Crippen LogP contribution in [0.4, 0.5) is 5.13 Å². The molecule has 1 unspecified atom stereocenters. The molecular formula is C8H9N3S2. The molecule has 0 aliphatic rings. The van der Waals surface area contributed by atoms with Crippen molar-refractivity contribution in [2.24, 2.45) is 0 Å². The Bertz CT molecular complexity index is 341. The molecular weight excluding hydrogens is 202 g/mol. The van der Waals surface area contributed by atoms with Crippen molar-refractivity contribution >= 4 is 27.8 Å². The predicted octanol–water partition coefficient (Wildman–Crippen LogP) is 2.77. The van der Waals surface area contributed by atoms with E-state index in [4.69, 9.17) is 0 Å². The number of rotatable bonds is 3. The SMILES string of the molecule is CC(Nc1nccs1)c1nccs1. The monoisotopic (exact) mass is 211 g/mol. The lowest BCUT2D eigenvalue weighted by Crippen LogP contribution is -2.05. The highest BCUT2D eigenvalue weighted by Gasteiger charge is 2.07. The number of nitrogens with one attached hydrogen (secondary N) is 1. The number of hydrogen-bond acceptors (Lipinski definition) is 5. The molecule has 3 nitrogen and oxygen atoms in total. The Labute approximate surface area is 84.5 Å². The summed E-state index contributed by atoms with van der Waals surface area (Å²) in [5.41, 5.74) is 0. The molecule has 0 aliphatic carbocycles. The van der Waals surface area contributed by atoms with Crippen molar-refractivity contribution in [1.82, 2.24) is 9.97 Å². The van der Waals surface area contributed by atoms with Crippen LogP contribution in [0.15, 0.2) is 23.2 Å². The number of hydrogen-bond donors (Lipinski definition) is 1. The highest BCUT2D eigenvalue weighted by molar-refractivity contribution is 7.13. The largest absolute Gasteiger partial charge is 0.353 e. The van der Waals surface area contributed by atoms with Gasteiger partial charge in [0.2, 0.25) is 0 Å². The highest BCUT2D eigenvalue weighted by atomic mass is 32.1. The van der Waals surface area contributed by atoms with Crippen molar-refractivity contribution < 1.29 is 0 Å². The van der Waals surface area contributed by atoms with Gasteiger partial charge in [0.1, 0.15) is 5.01 Å². The van der Waals surface area contributed by atoms with Gasteiger partial charge >= 0.3 is 0 Å². The fraction of sp³-hybridized carbons (Fsp3) is 0.250. The summed E-state index contributed by atoms with van der Waals surface area (Å²) in [6, 6.07) is 0.242. The highest BCUT2D eigenvalue weighted by Crippen LogP contribution is 2.21. The lowest BCUT2D eigenvalue weighted by Gasteiger charge is -2.08. The summed E-state index contributed by atoms with van der Waals surface area (Å²) in [5.74, 6) is 0. The minimum absolute atomic E-state index is 0.242. The van der Waals surface area contributed by atoms with Gasteiger partial charge < -0.3 is 5.32 Å². The third-order valence-electron chi connectivity index (χ3n) is 1.59. The molecule has 13 heavy (non-hydrogen) atoms. The van der Waals surface area contributed by atoms with Crippen molar-refractivity contribution in [3.8, 4) is 0 Å². The fourth-order valence-corrected chi connectivity index (χ4v) is 2.25. The van der Waals surface area contributed by atoms with E-state index in [1.165, 1.54) is 0 Å². The predicted molar refractivity (Wildman–Crippen MR) is 56.3 cm³/mol. The van der Waals surface area contributed by atoms with Gasteiger partial charge in [0.25, 0.3) is 0 Å². The van der Waals surface area contributed by atoms with E-state index in [9.17, 15) is 0 Å². The first-order valence-electron chi connectivity index (χ1n) is 3.91. The maximum absolute atomic E-state index is 4.23. The molecule has 2 heterocycles. The topological polar surface area (TPSA) is 37.8 Å². The summed E-state index contributed by atoms with van der Waals surface area (Å²) in [6.07, 6.45) is 3.61. The van der Waals surface area contributed by atoms with E-state index in [-0.39, 0.29) is 6.04 Å². The van der Waals surface area contributed by atoms with Gasteiger partial charge in [-0.25, -0.2) is 9.97 Å². The number of aromatic nitrogens is 2. The van der Waals surface area contributed by atoms with Crippen molar-refractivity contribution in [2.75, 3.05) is 5.32 Å². The lowest BCUT2D eigenvalue weighted by molar-refractivity contribution is 0.867. The van der Waals surface area contributed by atoms with Crippen molar-refractivity contribution in [3.63, 3.8) is 0 Å². The Morgan fingerprint density at radius 3 is 2.62 bits per heavy atom. The van der Waals surface area contributed by atoms with Crippen molar-refractivity contribution in [3.05, 3.63) is 28.2 Å². The maximum atomic E-state index is 4.23. The molecule has 5 heteroatoms. The van der Waals surface area contributed by atoms with E-state index >= 15 is 0 Å². The molecule has 0 radical (unpaired) electrons. The van der Waals surface area contributed by atoms with E-state index in [2.05, 4.69) is 22.2 Å². The maximum Gasteiger partial charge on any atom is 0.183 e.